The summed E-state index contributed by atoms with van der Waals surface area (Å²) in [5.74, 6) is 0.880. The maximum Gasteiger partial charge on any atom is 0.248 e. The molecule has 1 aliphatic rings. The molecule has 2 rings (SSSR count). The summed E-state index contributed by atoms with van der Waals surface area (Å²) < 4.78 is 6.54. The summed E-state index contributed by atoms with van der Waals surface area (Å²) in [4.78, 5) is 11.0. The van der Waals surface area contributed by atoms with Gasteiger partial charge in [0, 0.05) is 18.0 Å². The molecule has 1 aromatic rings. The highest BCUT2D eigenvalue weighted by atomic mass is 79.9. The average Bonchev–Trinajstić information content (AvgIpc) is 2.38. The van der Waals surface area contributed by atoms with Gasteiger partial charge in [-0.2, -0.15) is 0 Å². The van der Waals surface area contributed by atoms with E-state index in [1.54, 1.807) is 18.2 Å². The molecule has 1 saturated heterocycles. The van der Waals surface area contributed by atoms with E-state index in [2.05, 4.69) is 21.2 Å². The van der Waals surface area contributed by atoms with Crippen molar-refractivity contribution in [3.63, 3.8) is 0 Å². The number of nitrogens with one attached hydrogen (secondary N) is 1. The van der Waals surface area contributed by atoms with Crippen LogP contribution in [0.3, 0.4) is 0 Å². The van der Waals surface area contributed by atoms with Crippen LogP contribution in [0.5, 0.6) is 5.75 Å². The summed E-state index contributed by atoms with van der Waals surface area (Å²) in [6.45, 7) is 2.81. The Labute approximate surface area is 115 Å². The molecular formula is C13H17BrN2O2. The van der Waals surface area contributed by atoms with Crippen molar-refractivity contribution in [2.75, 3.05) is 19.7 Å². The SMILES string of the molecule is NC(=O)c1ccc(OCC2CCCNC2)c(Br)c1. The zero-order valence-electron chi connectivity index (χ0n) is 10.1. The molecule has 1 heterocycles. The third-order valence-corrected chi connectivity index (χ3v) is 3.71. The third-order valence-electron chi connectivity index (χ3n) is 3.09. The van der Waals surface area contributed by atoms with E-state index in [1.165, 1.54) is 12.8 Å². The molecule has 1 unspecified atom stereocenters. The molecule has 1 aromatic carbocycles. The summed E-state index contributed by atoms with van der Waals surface area (Å²) in [7, 11) is 0. The Morgan fingerprint density at radius 1 is 1.56 bits per heavy atom. The zero-order valence-corrected chi connectivity index (χ0v) is 11.7. The number of halogens is 1. The first-order chi connectivity index (χ1) is 8.66. The second kappa shape index (κ2) is 6.20. The summed E-state index contributed by atoms with van der Waals surface area (Å²) in [5, 5.41) is 3.36. The molecule has 0 aliphatic carbocycles. The summed E-state index contributed by atoms with van der Waals surface area (Å²) in [5.41, 5.74) is 5.69. The molecule has 1 atom stereocenters. The number of hydrogen-bond donors (Lipinski definition) is 2. The Bertz CT molecular complexity index is 431. The van der Waals surface area contributed by atoms with E-state index in [9.17, 15) is 4.79 Å². The van der Waals surface area contributed by atoms with Gasteiger partial charge in [0.25, 0.3) is 0 Å². The Balaban J connectivity index is 1.94. The van der Waals surface area contributed by atoms with Gasteiger partial charge in [0.05, 0.1) is 11.1 Å². The van der Waals surface area contributed by atoms with Crippen LogP contribution in [0, 0.1) is 5.92 Å². The number of nitrogens with two attached hydrogens (primary N) is 1. The average molecular weight is 313 g/mol. The lowest BCUT2D eigenvalue weighted by Gasteiger charge is -2.23. The van der Waals surface area contributed by atoms with Gasteiger partial charge in [0.2, 0.25) is 5.91 Å². The molecule has 1 fully saturated rings. The van der Waals surface area contributed by atoms with Crippen LogP contribution in [-0.2, 0) is 0 Å². The molecule has 0 bridgehead atoms. The molecule has 0 aromatic heterocycles. The molecule has 0 radical (unpaired) electrons. The first-order valence-corrected chi connectivity index (χ1v) is 6.89. The standard InChI is InChI=1S/C13H17BrN2O2/c14-11-6-10(13(15)17)3-4-12(11)18-8-9-2-1-5-16-7-9/h3-4,6,9,16H,1-2,5,7-8H2,(H2,15,17). The molecule has 5 heteroatoms. The van der Waals surface area contributed by atoms with E-state index in [4.69, 9.17) is 10.5 Å². The smallest absolute Gasteiger partial charge is 0.248 e. The largest absolute Gasteiger partial charge is 0.492 e. The minimum atomic E-state index is -0.432. The first-order valence-electron chi connectivity index (χ1n) is 6.09. The minimum Gasteiger partial charge on any atom is -0.492 e. The molecule has 3 N–H and O–H groups in total. The summed E-state index contributed by atoms with van der Waals surface area (Å²) in [6, 6.07) is 5.15. The minimum absolute atomic E-state index is 0.432. The lowest BCUT2D eigenvalue weighted by atomic mass is 10.0. The van der Waals surface area contributed by atoms with Gasteiger partial charge in [0.1, 0.15) is 5.75 Å². The molecule has 1 aliphatic heterocycles. The summed E-state index contributed by atoms with van der Waals surface area (Å²) in [6.07, 6.45) is 2.40. The van der Waals surface area contributed by atoms with Crippen LogP contribution in [0.25, 0.3) is 0 Å². The Hall–Kier alpha value is -1.07. The number of rotatable bonds is 4. The summed E-state index contributed by atoms with van der Waals surface area (Å²) >= 11 is 3.39. The molecule has 18 heavy (non-hydrogen) atoms. The maximum absolute atomic E-state index is 11.0. The van der Waals surface area contributed by atoms with Crippen molar-refractivity contribution >= 4 is 21.8 Å². The number of benzene rings is 1. The van der Waals surface area contributed by atoms with Gasteiger partial charge in [-0.3, -0.25) is 4.79 Å². The monoisotopic (exact) mass is 312 g/mol. The number of piperidine rings is 1. The van der Waals surface area contributed by atoms with Gasteiger partial charge < -0.3 is 15.8 Å². The number of primary amides is 1. The normalized spacial score (nSPS) is 19.5. The first kappa shape index (κ1) is 13.4. The van der Waals surface area contributed by atoms with E-state index >= 15 is 0 Å². The van der Waals surface area contributed by atoms with Crippen LogP contribution >= 0.6 is 15.9 Å². The molecule has 0 spiro atoms. The fourth-order valence-corrected chi connectivity index (χ4v) is 2.54. The predicted octanol–water partition coefficient (Wildman–Crippen LogP) is 1.93. The van der Waals surface area contributed by atoms with E-state index in [0.29, 0.717) is 18.1 Å². The van der Waals surface area contributed by atoms with Gasteiger partial charge in [-0.25, -0.2) is 0 Å². The Kier molecular flexibility index (Phi) is 4.60. The number of carbonyl (C=O) groups is 1. The fraction of sp³-hybridized carbons (Fsp3) is 0.462. The lowest BCUT2D eigenvalue weighted by molar-refractivity contribution is 0.1000. The Morgan fingerprint density at radius 3 is 3.00 bits per heavy atom. The van der Waals surface area contributed by atoms with Crippen LogP contribution in [0.4, 0.5) is 0 Å². The molecule has 1 amide bonds. The van der Waals surface area contributed by atoms with Crippen molar-refractivity contribution in [3.8, 4) is 5.75 Å². The van der Waals surface area contributed by atoms with E-state index < -0.39 is 5.91 Å². The second-order valence-electron chi connectivity index (χ2n) is 4.53. The van der Waals surface area contributed by atoms with Gasteiger partial charge in [-0.1, -0.05) is 0 Å². The highest BCUT2D eigenvalue weighted by Gasteiger charge is 2.14. The van der Waals surface area contributed by atoms with Gasteiger partial charge in [-0.05, 0) is 53.5 Å². The van der Waals surface area contributed by atoms with Gasteiger partial charge in [-0.15, -0.1) is 0 Å². The molecule has 98 valence electrons. The van der Waals surface area contributed by atoms with Crippen molar-refractivity contribution in [2.45, 2.75) is 12.8 Å². The topological polar surface area (TPSA) is 64.4 Å². The van der Waals surface area contributed by atoms with E-state index in [-0.39, 0.29) is 0 Å². The van der Waals surface area contributed by atoms with E-state index in [0.717, 1.165) is 23.3 Å². The maximum atomic E-state index is 11.0. The van der Waals surface area contributed by atoms with Gasteiger partial charge >= 0.3 is 0 Å². The number of ether oxygens (including phenoxy) is 1. The predicted molar refractivity (Wildman–Crippen MR) is 73.7 cm³/mol. The van der Waals surface area contributed by atoms with Crippen molar-refractivity contribution < 1.29 is 9.53 Å². The van der Waals surface area contributed by atoms with Crippen LogP contribution in [0.15, 0.2) is 22.7 Å². The van der Waals surface area contributed by atoms with Crippen molar-refractivity contribution in [1.82, 2.24) is 5.32 Å². The van der Waals surface area contributed by atoms with Crippen molar-refractivity contribution in [3.05, 3.63) is 28.2 Å². The van der Waals surface area contributed by atoms with Crippen LogP contribution in [-0.4, -0.2) is 25.6 Å². The zero-order chi connectivity index (χ0) is 13.0. The number of amides is 1. The highest BCUT2D eigenvalue weighted by Crippen LogP contribution is 2.26. The Morgan fingerprint density at radius 2 is 2.39 bits per heavy atom. The third kappa shape index (κ3) is 3.46. The van der Waals surface area contributed by atoms with Crippen LogP contribution in [0.2, 0.25) is 0 Å². The molecule has 4 nitrogen and oxygen atoms in total. The quantitative estimate of drug-likeness (QED) is 0.893. The van der Waals surface area contributed by atoms with Crippen LogP contribution in [0.1, 0.15) is 23.2 Å². The molecule has 0 saturated carbocycles. The molecular weight excluding hydrogens is 296 g/mol. The fourth-order valence-electron chi connectivity index (χ4n) is 2.05. The van der Waals surface area contributed by atoms with Crippen molar-refractivity contribution in [1.29, 1.82) is 0 Å². The van der Waals surface area contributed by atoms with Crippen LogP contribution < -0.4 is 15.8 Å². The highest BCUT2D eigenvalue weighted by molar-refractivity contribution is 9.10. The van der Waals surface area contributed by atoms with Gasteiger partial charge in [0.15, 0.2) is 0 Å². The number of carbonyl (C=O) groups excluding carboxylic acids is 1. The number of hydrogen-bond acceptors (Lipinski definition) is 3. The van der Waals surface area contributed by atoms with Crippen molar-refractivity contribution in [2.24, 2.45) is 11.7 Å². The second-order valence-corrected chi connectivity index (χ2v) is 5.39. The lowest BCUT2D eigenvalue weighted by Crippen LogP contribution is -2.33. The van der Waals surface area contributed by atoms with E-state index in [1.807, 2.05) is 0 Å².